The number of rotatable bonds is 8. The zero-order valence-electron chi connectivity index (χ0n) is 17.4. The third-order valence-electron chi connectivity index (χ3n) is 4.00. The molecule has 0 radical (unpaired) electrons. The van der Waals surface area contributed by atoms with Crippen LogP contribution in [0, 0.1) is 13.8 Å². The van der Waals surface area contributed by atoms with Crippen LogP contribution in [0.1, 0.15) is 23.6 Å². The second kappa shape index (κ2) is 11.1. The van der Waals surface area contributed by atoms with Gasteiger partial charge in [0, 0.05) is 6.08 Å². The van der Waals surface area contributed by atoms with E-state index in [1.165, 1.54) is 19.3 Å². The summed E-state index contributed by atoms with van der Waals surface area (Å²) in [6.07, 6.45) is 2.80. The van der Waals surface area contributed by atoms with E-state index in [0.29, 0.717) is 34.4 Å². The lowest BCUT2D eigenvalue weighted by molar-refractivity contribution is -0.128. The maximum absolute atomic E-state index is 12.0. The van der Waals surface area contributed by atoms with Crippen LogP contribution in [0.5, 0.6) is 17.2 Å². The van der Waals surface area contributed by atoms with Gasteiger partial charge in [0.25, 0.3) is 11.8 Å². The molecule has 0 aromatic heterocycles. The van der Waals surface area contributed by atoms with Crippen LogP contribution in [0.25, 0.3) is 6.08 Å². The highest BCUT2D eigenvalue weighted by Crippen LogP contribution is 2.36. The quantitative estimate of drug-likeness (QED) is 0.491. The molecule has 0 atom stereocenters. The van der Waals surface area contributed by atoms with E-state index < -0.39 is 11.8 Å². The first-order chi connectivity index (χ1) is 14.3. The summed E-state index contributed by atoms with van der Waals surface area (Å²) < 4.78 is 16.2. The highest BCUT2D eigenvalue weighted by Gasteiger charge is 2.11. The summed E-state index contributed by atoms with van der Waals surface area (Å²) in [6.45, 7) is 5.89. The van der Waals surface area contributed by atoms with E-state index in [1.807, 2.05) is 39.0 Å². The molecule has 30 heavy (non-hydrogen) atoms. The summed E-state index contributed by atoms with van der Waals surface area (Å²) in [5, 5.41) is 0.369. The molecule has 0 saturated carbocycles. The van der Waals surface area contributed by atoms with Gasteiger partial charge in [0.2, 0.25) is 0 Å². The van der Waals surface area contributed by atoms with Crippen molar-refractivity contribution < 1.29 is 23.8 Å². The van der Waals surface area contributed by atoms with Crippen molar-refractivity contribution in [3.63, 3.8) is 0 Å². The van der Waals surface area contributed by atoms with Gasteiger partial charge in [-0.25, -0.2) is 0 Å². The summed E-state index contributed by atoms with van der Waals surface area (Å²) >= 11 is 6.21. The number of benzene rings is 2. The van der Waals surface area contributed by atoms with Crippen molar-refractivity contribution in [2.24, 2.45) is 0 Å². The number of hydrazine groups is 1. The first-order valence-electron chi connectivity index (χ1n) is 9.31. The van der Waals surface area contributed by atoms with Gasteiger partial charge < -0.3 is 14.2 Å². The van der Waals surface area contributed by atoms with Crippen molar-refractivity contribution in [3.8, 4) is 17.2 Å². The number of halogens is 1. The lowest BCUT2D eigenvalue weighted by atomic mass is 10.1. The molecule has 2 rings (SSSR count). The van der Waals surface area contributed by atoms with Gasteiger partial charge >= 0.3 is 0 Å². The van der Waals surface area contributed by atoms with Crippen molar-refractivity contribution in [3.05, 3.63) is 58.1 Å². The highest BCUT2D eigenvalue weighted by atomic mass is 35.5. The fraction of sp³-hybridized carbons (Fsp3) is 0.273. The van der Waals surface area contributed by atoms with Crippen LogP contribution in [0.3, 0.4) is 0 Å². The highest BCUT2D eigenvalue weighted by molar-refractivity contribution is 6.32. The molecule has 0 unspecified atom stereocenters. The summed E-state index contributed by atoms with van der Waals surface area (Å²) in [7, 11) is 1.50. The molecule has 0 aliphatic carbocycles. The first-order valence-corrected chi connectivity index (χ1v) is 9.69. The average Bonchev–Trinajstić information content (AvgIpc) is 2.72. The molecule has 0 bridgehead atoms. The molecule has 2 aromatic carbocycles. The third-order valence-corrected chi connectivity index (χ3v) is 4.28. The van der Waals surface area contributed by atoms with E-state index in [0.717, 1.165) is 11.1 Å². The summed E-state index contributed by atoms with van der Waals surface area (Å²) in [5.41, 5.74) is 7.18. The predicted molar refractivity (Wildman–Crippen MR) is 116 cm³/mol. The first kappa shape index (κ1) is 23.1. The molecular formula is C22H25ClN2O5. The number of carbonyl (C=O) groups excluding carboxylic acids is 2. The fourth-order valence-electron chi connectivity index (χ4n) is 2.51. The normalized spacial score (nSPS) is 10.6. The second-order valence-electron chi connectivity index (χ2n) is 6.40. The van der Waals surface area contributed by atoms with Gasteiger partial charge in [-0.1, -0.05) is 23.7 Å². The largest absolute Gasteiger partial charge is 0.493 e. The molecule has 0 heterocycles. The molecule has 2 amide bonds. The maximum atomic E-state index is 12.0. The zero-order chi connectivity index (χ0) is 22.1. The van der Waals surface area contributed by atoms with Gasteiger partial charge in [-0.2, -0.15) is 0 Å². The van der Waals surface area contributed by atoms with Crippen molar-refractivity contribution in [2.45, 2.75) is 20.8 Å². The van der Waals surface area contributed by atoms with Crippen LogP contribution >= 0.6 is 11.6 Å². The van der Waals surface area contributed by atoms with E-state index in [2.05, 4.69) is 10.9 Å². The van der Waals surface area contributed by atoms with E-state index in [1.54, 1.807) is 12.1 Å². The Morgan fingerprint density at radius 1 is 1.07 bits per heavy atom. The molecule has 0 saturated heterocycles. The van der Waals surface area contributed by atoms with Gasteiger partial charge in [-0.05, 0) is 61.7 Å². The summed E-state index contributed by atoms with van der Waals surface area (Å²) in [5.74, 6) is 0.529. The minimum Gasteiger partial charge on any atom is -0.493 e. The number of aryl methyl sites for hydroxylation is 2. The molecule has 160 valence electrons. The van der Waals surface area contributed by atoms with Crippen molar-refractivity contribution in [1.82, 2.24) is 10.9 Å². The van der Waals surface area contributed by atoms with Crippen LogP contribution in [-0.4, -0.2) is 32.1 Å². The standard InChI is InChI=1S/C22H25ClN2O5/c1-5-29-22-17(23)11-16(12-19(22)28-4)8-9-20(26)24-25-21(27)13-30-18-10-14(2)6-7-15(18)3/h6-12H,5,13H2,1-4H3,(H,24,26)(H,25,27)/b9-8+. The average molecular weight is 433 g/mol. The van der Waals surface area contributed by atoms with E-state index >= 15 is 0 Å². The Morgan fingerprint density at radius 2 is 1.83 bits per heavy atom. The summed E-state index contributed by atoms with van der Waals surface area (Å²) in [4.78, 5) is 23.9. The van der Waals surface area contributed by atoms with Crippen LogP contribution in [0.15, 0.2) is 36.4 Å². The Hall–Kier alpha value is -3.19. The number of amides is 2. The number of methoxy groups -OCH3 is 1. The lowest BCUT2D eigenvalue weighted by Gasteiger charge is -2.12. The van der Waals surface area contributed by atoms with E-state index in [4.69, 9.17) is 25.8 Å². The fourth-order valence-corrected chi connectivity index (χ4v) is 2.78. The van der Waals surface area contributed by atoms with Crippen molar-refractivity contribution in [2.75, 3.05) is 20.3 Å². The Kier molecular flexibility index (Phi) is 8.55. The minimum atomic E-state index is -0.515. The Balaban J connectivity index is 1.88. The molecule has 2 aromatic rings. The van der Waals surface area contributed by atoms with Gasteiger partial charge in [0.15, 0.2) is 18.1 Å². The maximum Gasteiger partial charge on any atom is 0.276 e. The molecule has 2 N–H and O–H groups in total. The predicted octanol–water partition coefficient (Wildman–Crippen LogP) is 3.60. The number of carbonyl (C=O) groups is 2. The van der Waals surface area contributed by atoms with Gasteiger partial charge in [0.1, 0.15) is 5.75 Å². The third kappa shape index (κ3) is 6.70. The van der Waals surface area contributed by atoms with Gasteiger partial charge in [0.05, 0.1) is 18.7 Å². The zero-order valence-corrected chi connectivity index (χ0v) is 18.1. The van der Waals surface area contributed by atoms with E-state index in [9.17, 15) is 9.59 Å². The molecule has 0 aliphatic heterocycles. The second-order valence-corrected chi connectivity index (χ2v) is 6.80. The number of hydrogen-bond donors (Lipinski definition) is 2. The van der Waals surface area contributed by atoms with Crippen molar-refractivity contribution >= 4 is 29.5 Å². The monoisotopic (exact) mass is 432 g/mol. The van der Waals surface area contributed by atoms with Crippen LogP contribution in [0.4, 0.5) is 0 Å². The molecule has 0 aliphatic rings. The smallest absolute Gasteiger partial charge is 0.276 e. The Morgan fingerprint density at radius 3 is 2.53 bits per heavy atom. The van der Waals surface area contributed by atoms with Gasteiger partial charge in [-0.15, -0.1) is 0 Å². The number of nitrogens with one attached hydrogen (secondary N) is 2. The summed E-state index contributed by atoms with van der Waals surface area (Å²) in [6, 6.07) is 9.06. The minimum absolute atomic E-state index is 0.222. The number of ether oxygens (including phenoxy) is 3. The van der Waals surface area contributed by atoms with Crippen molar-refractivity contribution in [1.29, 1.82) is 0 Å². The molecular weight excluding hydrogens is 408 g/mol. The molecule has 0 fully saturated rings. The molecule has 8 heteroatoms. The van der Waals surface area contributed by atoms with E-state index in [-0.39, 0.29) is 6.61 Å². The SMILES string of the molecule is CCOc1c(Cl)cc(/C=C/C(=O)NNC(=O)COc2cc(C)ccc2C)cc1OC. The van der Waals surface area contributed by atoms with Crippen LogP contribution < -0.4 is 25.1 Å². The number of hydrogen-bond acceptors (Lipinski definition) is 5. The topological polar surface area (TPSA) is 85.9 Å². The van der Waals surface area contributed by atoms with Gasteiger partial charge in [-0.3, -0.25) is 20.4 Å². The Bertz CT molecular complexity index is 943. The molecule has 7 nitrogen and oxygen atoms in total. The lowest BCUT2D eigenvalue weighted by Crippen LogP contribution is -2.43. The molecule has 0 spiro atoms. The van der Waals surface area contributed by atoms with Crippen LogP contribution in [-0.2, 0) is 9.59 Å². The van der Waals surface area contributed by atoms with Crippen LogP contribution in [0.2, 0.25) is 5.02 Å². The Labute approximate surface area is 180 Å².